The average molecular weight is 294 g/mol. The number of nitrogen functional groups attached to an aromatic ring is 1. The third-order valence-electron chi connectivity index (χ3n) is 1.82. The van der Waals surface area contributed by atoms with Gasteiger partial charge in [0.1, 0.15) is 11.5 Å². The number of pyridine rings is 1. The first-order chi connectivity index (χ1) is 7.25. The molecule has 1 aromatic heterocycles. The predicted octanol–water partition coefficient (Wildman–Crippen LogP) is 3.95. The molecule has 2 aromatic rings. The summed E-state index contributed by atoms with van der Waals surface area (Å²) >= 11 is 5.95. The molecule has 92 valence electrons. The van der Waals surface area contributed by atoms with Crippen LogP contribution >= 0.6 is 36.4 Å². The first-order valence-electron chi connectivity index (χ1n) is 4.38. The Morgan fingerprint density at radius 1 is 1.18 bits per heavy atom. The van der Waals surface area contributed by atoms with E-state index >= 15 is 0 Å². The first kappa shape index (κ1) is 15.8. The van der Waals surface area contributed by atoms with Crippen molar-refractivity contribution < 1.29 is 4.74 Å². The first-order valence-corrected chi connectivity index (χ1v) is 4.76. The van der Waals surface area contributed by atoms with Gasteiger partial charge in [0.15, 0.2) is 0 Å². The van der Waals surface area contributed by atoms with Crippen molar-refractivity contribution in [3.05, 3.63) is 47.7 Å². The minimum Gasteiger partial charge on any atom is -0.454 e. The van der Waals surface area contributed by atoms with Crippen molar-refractivity contribution in [2.24, 2.45) is 0 Å². The van der Waals surface area contributed by atoms with Gasteiger partial charge in [0, 0.05) is 11.9 Å². The maximum absolute atomic E-state index is 5.95. The maximum Gasteiger partial charge on any atom is 0.146 e. The summed E-state index contributed by atoms with van der Waals surface area (Å²) in [4.78, 5) is 3.94. The van der Waals surface area contributed by atoms with Gasteiger partial charge in [-0.25, -0.2) is 0 Å². The van der Waals surface area contributed by atoms with Gasteiger partial charge in [0.2, 0.25) is 0 Å². The lowest BCUT2D eigenvalue weighted by atomic mass is 10.3. The second-order valence-electron chi connectivity index (χ2n) is 2.98. The summed E-state index contributed by atoms with van der Waals surface area (Å²) in [5.74, 6) is 1.21. The van der Waals surface area contributed by atoms with Crippen LogP contribution in [0.5, 0.6) is 11.5 Å². The van der Waals surface area contributed by atoms with E-state index in [0.29, 0.717) is 22.2 Å². The molecular formula is C11H11Cl3N2O. The fourth-order valence-corrected chi connectivity index (χ4v) is 1.36. The fourth-order valence-electron chi connectivity index (χ4n) is 1.13. The Morgan fingerprint density at radius 3 is 2.53 bits per heavy atom. The van der Waals surface area contributed by atoms with Gasteiger partial charge in [-0.1, -0.05) is 11.6 Å². The van der Waals surface area contributed by atoms with Crippen LogP contribution in [0, 0.1) is 0 Å². The molecule has 0 aliphatic heterocycles. The summed E-state index contributed by atoms with van der Waals surface area (Å²) in [6.07, 6.45) is 3.30. The van der Waals surface area contributed by atoms with Crippen LogP contribution in [-0.2, 0) is 0 Å². The van der Waals surface area contributed by atoms with E-state index in [9.17, 15) is 0 Å². The average Bonchev–Trinajstić information content (AvgIpc) is 2.24. The summed E-state index contributed by atoms with van der Waals surface area (Å²) < 4.78 is 5.51. The van der Waals surface area contributed by atoms with Crippen LogP contribution in [0.2, 0.25) is 5.02 Å². The van der Waals surface area contributed by atoms with Gasteiger partial charge in [0.25, 0.3) is 0 Å². The SMILES string of the molecule is Cl.Cl.Nc1ccc(Oc2cccnc2)c(Cl)c1. The monoisotopic (exact) mass is 292 g/mol. The van der Waals surface area contributed by atoms with E-state index in [0.717, 1.165) is 0 Å². The number of benzene rings is 1. The van der Waals surface area contributed by atoms with Crippen molar-refractivity contribution in [2.45, 2.75) is 0 Å². The number of halogens is 3. The molecule has 2 rings (SSSR count). The third kappa shape index (κ3) is 4.30. The second-order valence-corrected chi connectivity index (χ2v) is 3.39. The smallest absolute Gasteiger partial charge is 0.146 e. The quantitative estimate of drug-likeness (QED) is 0.853. The lowest BCUT2D eigenvalue weighted by Crippen LogP contribution is -1.88. The van der Waals surface area contributed by atoms with Crippen LogP contribution in [0.1, 0.15) is 0 Å². The molecule has 0 saturated carbocycles. The minimum atomic E-state index is 0. The zero-order valence-electron chi connectivity index (χ0n) is 8.67. The molecule has 0 saturated heterocycles. The molecule has 0 unspecified atom stereocenters. The Kier molecular flexibility index (Phi) is 6.73. The molecule has 0 fully saturated rings. The molecule has 0 atom stereocenters. The van der Waals surface area contributed by atoms with Crippen molar-refractivity contribution in [1.82, 2.24) is 4.98 Å². The Hall–Kier alpha value is -1.16. The molecule has 0 radical (unpaired) electrons. The normalized spacial score (nSPS) is 8.76. The van der Waals surface area contributed by atoms with Gasteiger partial charge in [-0.15, -0.1) is 24.8 Å². The number of aromatic nitrogens is 1. The summed E-state index contributed by atoms with van der Waals surface area (Å²) in [7, 11) is 0. The third-order valence-corrected chi connectivity index (χ3v) is 2.11. The molecule has 0 bridgehead atoms. The summed E-state index contributed by atoms with van der Waals surface area (Å²) in [6.45, 7) is 0. The van der Waals surface area contributed by atoms with E-state index in [4.69, 9.17) is 22.1 Å². The van der Waals surface area contributed by atoms with Crippen molar-refractivity contribution in [1.29, 1.82) is 0 Å². The summed E-state index contributed by atoms with van der Waals surface area (Å²) in [5, 5.41) is 0.485. The largest absolute Gasteiger partial charge is 0.454 e. The molecule has 0 spiro atoms. The summed E-state index contributed by atoms with van der Waals surface area (Å²) in [6, 6.07) is 8.70. The topological polar surface area (TPSA) is 48.1 Å². The predicted molar refractivity (Wildman–Crippen MR) is 74.7 cm³/mol. The number of ether oxygens (including phenoxy) is 1. The Morgan fingerprint density at radius 2 is 1.94 bits per heavy atom. The molecule has 0 amide bonds. The molecule has 1 aromatic carbocycles. The van der Waals surface area contributed by atoms with Gasteiger partial charge in [-0.2, -0.15) is 0 Å². The van der Waals surface area contributed by atoms with E-state index in [-0.39, 0.29) is 24.8 Å². The highest BCUT2D eigenvalue weighted by Gasteiger charge is 2.02. The van der Waals surface area contributed by atoms with E-state index < -0.39 is 0 Å². The summed E-state index contributed by atoms with van der Waals surface area (Å²) in [5.41, 5.74) is 6.18. The molecule has 3 nitrogen and oxygen atoms in total. The highest BCUT2D eigenvalue weighted by molar-refractivity contribution is 6.32. The number of anilines is 1. The van der Waals surface area contributed by atoms with Crippen molar-refractivity contribution in [3.63, 3.8) is 0 Å². The number of hydrogen-bond donors (Lipinski definition) is 1. The molecule has 1 heterocycles. The van der Waals surface area contributed by atoms with Gasteiger partial charge in [-0.05, 0) is 30.3 Å². The van der Waals surface area contributed by atoms with Crippen LogP contribution in [0.25, 0.3) is 0 Å². The Labute approximate surface area is 117 Å². The zero-order chi connectivity index (χ0) is 10.7. The Balaban J connectivity index is 0.00000128. The lowest BCUT2D eigenvalue weighted by Gasteiger charge is -2.06. The van der Waals surface area contributed by atoms with Gasteiger partial charge >= 0.3 is 0 Å². The number of nitrogens with two attached hydrogens (primary N) is 1. The highest BCUT2D eigenvalue weighted by atomic mass is 35.5. The van der Waals surface area contributed by atoms with Crippen LogP contribution in [-0.4, -0.2) is 4.98 Å². The molecule has 6 heteroatoms. The van der Waals surface area contributed by atoms with E-state index in [1.807, 2.05) is 0 Å². The standard InChI is InChI=1S/C11H9ClN2O.2ClH/c12-10-6-8(13)3-4-11(10)15-9-2-1-5-14-7-9;;/h1-7H,13H2;2*1H. The zero-order valence-corrected chi connectivity index (χ0v) is 11.1. The highest BCUT2D eigenvalue weighted by Crippen LogP contribution is 2.30. The fraction of sp³-hybridized carbons (Fsp3) is 0. The van der Waals surface area contributed by atoms with Crippen molar-refractivity contribution in [3.8, 4) is 11.5 Å². The maximum atomic E-state index is 5.95. The van der Waals surface area contributed by atoms with E-state index in [1.165, 1.54) is 0 Å². The molecular weight excluding hydrogens is 282 g/mol. The number of hydrogen-bond acceptors (Lipinski definition) is 3. The van der Waals surface area contributed by atoms with Crippen molar-refractivity contribution >= 4 is 42.1 Å². The Bertz CT molecular complexity index is 466. The van der Waals surface area contributed by atoms with Gasteiger partial charge in [-0.3, -0.25) is 4.98 Å². The molecule has 17 heavy (non-hydrogen) atoms. The molecule has 0 aliphatic rings. The van der Waals surface area contributed by atoms with Crippen LogP contribution in [0.15, 0.2) is 42.7 Å². The minimum absolute atomic E-state index is 0. The molecule has 2 N–H and O–H groups in total. The number of rotatable bonds is 2. The van der Waals surface area contributed by atoms with Gasteiger partial charge < -0.3 is 10.5 Å². The van der Waals surface area contributed by atoms with E-state index in [2.05, 4.69) is 4.98 Å². The molecule has 0 aliphatic carbocycles. The van der Waals surface area contributed by atoms with Crippen LogP contribution < -0.4 is 10.5 Å². The second kappa shape index (κ2) is 7.22. The lowest BCUT2D eigenvalue weighted by molar-refractivity contribution is 0.480. The van der Waals surface area contributed by atoms with E-state index in [1.54, 1.807) is 42.7 Å². The van der Waals surface area contributed by atoms with Gasteiger partial charge in [0.05, 0.1) is 11.2 Å². The van der Waals surface area contributed by atoms with Crippen LogP contribution in [0.4, 0.5) is 5.69 Å². The van der Waals surface area contributed by atoms with Crippen LogP contribution in [0.3, 0.4) is 0 Å². The van der Waals surface area contributed by atoms with Crippen molar-refractivity contribution in [2.75, 3.05) is 5.73 Å². The number of nitrogens with zero attached hydrogens (tertiary/aromatic N) is 1.